The van der Waals surface area contributed by atoms with E-state index in [0.29, 0.717) is 0 Å². The summed E-state index contributed by atoms with van der Waals surface area (Å²) in [6.07, 6.45) is 19.8. The molecule has 3 atom stereocenters. The topological polar surface area (TPSA) is 29.5 Å². The summed E-state index contributed by atoms with van der Waals surface area (Å²) < 4.78 is 6.37. The van der Waals surface area contributed by atoms with Crippen molar-refractivity contribution in [1.82, 2.24) is 0 Å². The maximum absolute atomic E-state index is 10.3. The highest BCUT2D eigenvalue weighted by Gasteiger charge is 2.26. The lowest BCUT2D eigenvalue weighted by Crippen LogP contribution is -2.30. The first kappa shape index (κ1) is 29.2. The van der Waals surface area contributed by atoms with Gasteiger partial charge in [0, 0.05) is 6.61 Å². The Bertz CT molecular complexity index is 612. The van der Waals surface area contributed by atoms with Crippen LogP contribution in [-0.2, 0) is 4.74 Å². The van der Waals surface area contributed by atoms with Gasteiger partial charge >= 0.3 is 0 Å². The first-order valence-corrected chi connectivity index (χ1v) is 13.5. The monoisotopic (exact) mass is 446 g/mol. The van der Waals surface area contributed by atoms with Crippen molar-refractivity contribution in [2.75, 3.05) is 6.61 Å². The zero-order valence-corrected chi connectivity index (χ0v) is 22.6. The van der Waals surface area contributed by atoms with Crippen LogP contribution in [-0.4, -0.2) is 23.4 Å². The van der Waals surface area contributed by atoms with Crippen molar-refractivity contribution in [1.29, 1.82) is 0 Å². The van der Waals surface area contributed by atoms with Crippen molar-refractivity contribution in [2.45, 2.75) is 144 Å². The molecule has 2 heteroatoms. The minimum absolute atomic E-state index is 0.0542. The van der Waals surface area contributed by atoms with Gasteiger partial charge in [0.15, 0.2) is 0 Å². The fraction of sp³-hybridized carbons (Fsp3) is 0.800. The molecule has 0 saturated carbocycles. The Morgan fingerprint density at radius 3 is 2.56 bits per heavy atom. The van der Waals surface area contributed by atoms with Crippen LogP contribution in [0.1, 0.15) is 132 Å². The van der Waals surface area contributed by atoms with Crippen molar-refractivity contribution in [3.8, 4) is 0 Å². The van der Waals surface area contributed by atoms with Gasteiger partial charge in [-0.05, 0) is 97.0 Å². The summed E-state index contributed by atoms with van der Waals surface area (Å²) in [7, 11) is 0. The van der Waals surface area contributed by atoms with Gasteiger partial charge in [-0.25, -0.2) is 0 Å². The molecule has 32 heavy (non-hydrogen) atoms. The molecule has 0 aromatic carbocycles. The minimum Gasteiger partial charge on any atom is -0.385 e. The molecular formula is C30H54O2. The van der Waals surface area contributed by atoms with Gasteiger partial charge in [0.1, 0.15) is 0 Å². The largest absolute Gasteiger partial charge is 0.385 e. The summed E-state index contributed by atoms with van der Waals surface area (Å²) in [4.78, 5) is 0. The number of allylic oxidation sites excluding steroid dienone is 4. The number of aliphatic hydroxyl groups excluding tert-OH is 1. The van der Waals surface area contributed by atoms with E-state index in [1.54, 1.807) is 5.57 Å². The first-order chi connectivity index (χ1) is 15.2. The minimum atomic E-state index is -0.397. The first-order valence-electron chi connectivity index (χ1n) is 13.5. The van der Waals surface area contributed by atoms with Gasteiger partial charge in [0.05, 0.1) is 11.7 Å². The summed E-state index contributed by atoms with van der Waals surface area (Å²) >= 11 is 0. The highest BCUT2D eigenvalue weighted by molar-refractivity contribution is 5.31. The van der Waals surface area contributed by atoms with Crippen LogP contribution in [0.2, 0.25) is 0 Å². The lowest BCUT2D eigenvalue weighted by Gasteiger charge is -2.32. The molecule has 0 fully saturated rings. The molecule has 186 valence electrons. The summed E-state index contributed by atoms with van der Waals surface area (Å²) in [6, 6.07) is 0. The van der Waals surface area contributed by atoms with E-state index in [2.05, 4.69) is 53.7 Å². The SMILES string of the molecule is CCCCC/C(C)=C/CCC(C)CCCC(C)(CCC1=CC(O)C(C)=C(C)C1)OCCC. The van der Waals surface area contributed by atoms with Gasteiger partial charge in [-0.15, -0.1) is 0 Å². The highest BCUT2D eigenvalue weighted by atomic mass is 16.5. The summed E-state index contributed by atoms with van der Waals surface area (Å²) in [6.45, 7) is 16.5. The molecule has 0 aromatic heterocycles. The highest BCUT2D eigenvalue weighted by Crippen LogP contribution is 2.32. The number of rotatable bonds is 17. The standard InChI is InChI=1S/C30H54O2/c1-8-10-11-14-24(3)15-12-16-25(4)17-13-19-30(7,32-21-9-2)20-18-28-22-26(5)27(6)29(31)23-28/h15,23,25,29,31H,8-14,16-22H2,1-7H3/b24-15+. The quantitative estimate of drug-likeness (QED) is 0.178. The van der Waals surface area contributed by atoms with Crippen LogP contribution in [0.4, 0.5) is 0 Å². The van der Waals surface area contributed by atoms with Crippen LogP contribution >= 0.6 is 0 Å². The van der Waals surface area contributed by atoms with Crippen molar-refractivity contribution in [3.05, 3.63) is 34.4 Å². The molecule has 0 radical (unpaired) electrons. The molecule has 2 nitrogen and oxygen atoms in total. The average Bonchev–Trinajstić information content (AvgIpc) is 2.75. The molecule has 3 unspecified atom stereocenters. The Morgan fingerprint density at radius 2 is 1.91 bits per heavy atom. The maximum atomic E-state index is 10.3. The smallest absolute Gasteiger partial charge is 0.0934 e. The van der Waals surface area contributed by atoms with E-state index in [-0.39, 0.29) is 5.60 Å². The van der Waals surface area contributed by atoms with Gasteiger partial charge in [0.2, 0.25) is 0 Å². The van der Waals surface area contributed by atoms with Crippen molar-refractivity contribution in [2.24, 2.45) is 5.92 Å². The van der Waals surface area contributed by atoms with Crippen LogP contribution in [0.5, 0.6) is 0 Å². The summed E-state index contributed by atoms with van der Waals surface area (Å²) in [5.41, 5.74) is 5.35. The zero-order chi connectivity index (χ0) is 24.0. The van der Waals surface area contributed by atoms with Gasteiger partial charge in [-0.3, -0.25) is 0 Å². The second-order valence-corrected chi connectivity index (χ2v) is 10.8. The van der Waals surface area contributed by atoms with E-state index >= 15 is 0 Å². The van der Waals surface area contributed by atoms with Gasteiger partial charge in [-0.1, -0.05) is 75.3 Å². The third-order valence-electron chi connectivity index (χ3n) is 7.36. The normalized spacial score (nSPS) is 20.3. The molecule has 0 aliphatic heterocycles. The molecule has 1 rings (SSSR count). The van der Waals surface area contributed by atoms with E-state index in [1.165, 1.54) is 62.5 Å². The van der Waals surface area contributed by atoms with Gasteiger partial charge in [0.25, 0.3) is 0 Å². The Labute approximate surface area is 200 Å². The third kappa shape index (κ3) is 11.8. The number of hydrogen-bond donors (Lipinski definition) is 1. The number of aliphatic hydroxyl groups is 1. The number of hydrogen-bond acceptors (Lipinski definition) is 2. The van der Waals surface area contributed by atoms with Crippen LogP contribution in [0.15, 0.2) is 34.4 Å². The summed E-state index contributed by atoms with van der Waals surface area (Å²) in [5.74, 6) is 0.775. The van der Waals surface area contributed by atoms with Crippen molar-refractivity contribution < 1.29 is 9.84 Å². The van der Waals surface area contributed by atoms with Gasteiger partial charge < -0.3 is 9.84 Å². The van der Waals surface area contributed by atoms with Crippen LogP contribution in [0, 0.1) is 5.92 Å². The van der Waals surface area contributed by atoms with Crippen LogP contribution in [0.3, 0.4) is 0 Å². The lowest BCUT2D eigenvalue weighted by atomic mass is 9.84. The van der Waals surface area contributed by atoms with Gasteiger partial charge in [-0.2, -0.15) is 0 Å². The Morgan fingerprint density at radius 1 is 1.16 bits per heavy atom. The van der Waals surface area contributed by atoms with Crippen molar-refractivity contribution >= 4 is 0 Å². The summed E-state index contributed by atoms with van der Waals surface area (Å²) in [5, 5.41) is 10.3. The van der Waals surface area contributed by atoms with Crippen LogP contribution in [0.25, 0.3) is 0 Å². The van der Waals surface area contributed by atoms with E-state index in [4.69, 9.17) is 4.74 Å². The Kier molecular flexibility index (Phi) is 14.5. The van der Waals surface area contributed by atoms with E-state index < -0.39 is 6.10 Å². The molecule has 0 aromatic rings. The Hall–Kier alpha value is -0.860. The molecule has 0 bridgehead atoms. The molecule has 0 spiro atoms. The number of ether oxygens (including phenoxy) is 1. The molecule has 0 heterocycles. The zero-order valence-electron chi connectivity index (χ0n) is 22.6. The lowest BCUT2D eigenvalue weighted by molar-refractivity contribution is -0.0452. The molecule has 1 N–H and O–H groups in total. The van der Waals surface area contributed by atoms with Crippen molar-refractivity contribution in [3.63, 3.8) is 0 Å². The predicted octanol–water partition coefficient (Wildman–Crippen LogP) is 9.09. The van der Waals surface area contributed by atoms with E-state index in [1.807, 2.05) is 6.92 Å². The maximum Gasteiger partial charge on any atom is 0.0934 e. The molecule has 1 aliphatic carbocycles. The molecular weight excluding hydrogens is 392 g/mol. The fourth-order valence-corrected chi connectivity index (χ4v) is 4.69. The molecule has 1 aliphatic rings. The fourth-order valence-electron chi connectivity index (χ4n) is 4.69. The number of unbranched alkanes of at least 4 members (excludes halogenated alkanes) is 2. The van der Waals surface area contributed by atoms with Crippen LogP contribution < -0.4 is 0 Å². The molecule has 0 saturated heterocycles. The second-order valence-electron chi connectivity index (χ2n) is 10.8. The second kappa shape index (κ2) is 15.9. The van der Waals surface area contributed by atoms with E-state index in [0.717, 1.165) is 50.2 Å². The average molecular weight is 447 g/mol. The Balaban J connectivity index is 2.43. The van der Waals surface area contributed by atoms with E-state index in [9.17, 15) is 5.11 Å². The molecule has 0 amide bonds. The predicted molar refractivity (Wildman–Crippen MR) is 141 cm³/mol. The third-order valence-corrected chi connectivity index (χ3v) is 7.36.